The van der Waals surface area contributed by atoms with Crippen LogP contribution < -0.4 is 4.90 Å². The van der Waals surface area contributed by atoms with E-state index in [9.17, 15) is 9.18 Å². The molecule has 1 unspecified atom stereocenters. The number of nitrogens with zero attached hydrogens (tertiary/aromatic N) is 6. The molecule has 5 rings (SSSR count). The molecule has 3 heterocycles. The average Bonchev–Trinajstić information content (AvgIpc) is 3.25. The van der Waals surface area contributed by atoms with Gasteiger partial charge >= 0.3 is 0 Å². The Morgan fingerprint density at radius 1 is 1.06 bits per heavy atom. The van der Waals surface area contributed by atoms with Crippen LogP contribution in [0.1, 0.15) is 76.2 Å². The van der Waals surface area contributed by atoms with Crippen LogP contribution in [0.2, 0.25) is 0 Å². The third-order valence-electron chi connectivity index (χ3n) is 7.78. The molecule has 1 aliphatic heterocycles. The van der Waals surface area contributed by atoms with E-state index in [2.05, 4.69) is 23.6 Å². The van der Waals surface area contributed by atoms with Crippen LogP contribution in [0.4, 0.5) is 10.2 Å². The predicted octanol–water partition coefficient (Wildman–Crippen LogP) is 5.40. The number of carbonyl (C=O) groups excluding carboxylic acids is 1. The molecule has 0 N–H and O–H groups in total. The summed E-state index contributed by atoms with van der Waals surface area (Å²) < 4.78 is 15.4. The maximum absolute atomic E-state index is 13.6. The van der Waals surface area contributed by atoms with Gasteiger partial charge in [0.2, 0.25) is 5.91 Å². The lowest BCUT2D eigenvalue weighted by Gasteiger charge is -2.38. The maximum Gasteiger partial charge on any atom is 0.225 e. The summed E-state index contributed by atoms with van der Waals surface area (Å²) >= 11 is 0. The molecule has 0 radical (unpaired) electrons. The molecule has 2 aliphatic rings. The van der Waals surface area contributed by atoms with Crippen molar-refractivity contribution < 1.29 is 9.18 Å². The van der Waals surface area contributed by atoms with Crippen molar-refractivity contribution in [2.24, 2.45) is 5.92 Å². The Hall–Kier alpha value is -3.03. The molecule has 1 saturated carbocycles. The zero-order chi connectivity index (χ0) is 25.2. The number of piperazine rings is 1. The minimum absolute atomic E-state index is 0.203. The summed E-state index contributed by atoms with van der Waals surface area (Å²) in [6.07, 6.45) is 7.72. The predicted molar refractivity (Wildman–Crippen MR) is 140 cm³/mol. The van der Waals surface area contributed by atoms with Gasteiger partial charge in [-0.2, -0.15) is 5.10 Å². The van der Waals surface area contributed by atoms with E-state index in [-0.39, 0.29) is 17.7 Å². The highest BCUT2D eigenvalue weighted by atomic mass is 19.1. The van der Waals surface area contributed by atoms with Crippen molar-refractivity contribution in [3.05, 3.63) is 41.6 Å². The fraction of sp³-hybridized carbons (Fsp3) is 0.571. The van der Waals surface area contributed by atoms with Gasteiger partial charge in [0.1, 0.15) is 17.5 Å². The molecular formula is C28H37FN6O. The fourth-order valence-corrected chi connectivity index (χ4v) is 5.70. The maximum atomic E-state index is 13.6. The Morgan fingerprint density at radius 2 is 1.75 bits per heavy atom. The largest absolute Gasteiger partial charge is 0.352 e. The molecule has 8 heteroatoms. The van der Waals surface area contributed by atoms with Crippen LogP contribution in [0.15, 0.2) is 24.3 Å². The number of benzene rings is 1. The van der Waals surface area contributed by atoms with E-state index < -0.39 is 0 Å². The molecule has 192 valence electrons. The second-order valence-electron chi connectivity index (χ2n) is 10.4. The number of hydrogen-bond donors (Lipinski definition) is 0. The third kappa shape index (κ3) is 4.82. The molecule has 1 aliphatic carbocycles. The van der Waals surface area contributed by atoms with Crippen molar-refractivity contribution in [1.82, 2.24) is 24.6 Å². The second-order valence-corrected chi connectivity index (χ2v) is 10.4. The van der Waals surface area contributed by atoms with E-state index in [0.717, 1.165) is 72.8 Å². The first-order chi connectivity index (χ1) is 17.5. The van der Waals surface area contributed by atoms with Crippen molar-refractivity contribution in [3.63, 3.8) is 0 Å². The van der Waals surface area contributed by atoms with Crippen LogP contribution in [0, 0.1) is 18.7 Å². The molecule has 36 heavy (non-hydrogen) atoms. The van der Waals surface area contributed by atoms with Crippen LogP contribution in [0.25, 0.3) is 16.7 Å². The fourth-order valence-electron chi connectivity index (χ4n) is 5.70. The zero-order valence-corrected chi connectivity index (χ0v) is 21.7. The molecule has 0 spiro atoms. The molecule has 7 nitrogen and oxygen atoms in total. The van der Waals surface area contributed by atoms with Gasteiger partial charge in [-0.05, 0) is 50.5 Å². The van der Waals surface area contributed by atoms with Gasteiger partial charge < -0.3 is 9.80 Å². The SMILES string of the molecule is CCCC(C)c1nc(N2CCN(C(=O)C3CCCCC3)CC2)c2c(C)nn(-c3ccc(F)cc3)c2n1. The van der Waals surface area contributed by atoms with Gasteiger partial charge in [-0.25, -0.2) is 19.0 Å². The van der Waals surface area contributed by atoms with E-state index in [1.165, 1.54) is 31.4 Å². The number of hydrogen-bond acceptors (Lipinski definition) is 5. The minimum atomic E-state index is -0.278. The number of anilines is 1. The summed E-state index contributed by atoms with van der Waals surface area (Å²) in [5, 5.41) is 5.73. The van der Waals surface area contributed by atoms with Crippen LogP contribution in [-0.2, 0) is 4.79 Å². The van der Waals surface area contributed by atoms with Crippen molar-refractivity contribution in [1.29, 1.82) is 0 Å². The number of fused-ring (bicyclic) bond motifs is 1. The van der Waals surface area contributed by atoms with Crippen LogP contribution in [0.5, 0.6) is 0 Å². The molecule has 0 bridgehead atoms. The standard InChI is InChI=1S/C28H37FN6O/c1-4-8-19(2)25-30-26(33-15-17-34(18-16-33)28(36)21-9-6-5-7-10-21)24-20(3)32-35(27(24)31-25)23-13-11-22(29)12-14-23/h11-14,19,21H,4-10,15-18H2,1-3H3. The Bertz CT molecular complexity index is 1210. The normalized spacial score (nSPS) is 18.1. The lowest BCUT2D eigenvalue weighted by atomic mass is 9.88. The summed E-state index contributed by atoms with van der Waals surface area (Å²) in [6.45, 7) is 9.23. The lowest BCUT2D eigenvalue weighted by Crippen LogP contribution is -2.51. The van der Waals surface area contributed by atoms with E-state index in [1.807, 2.05) is 6.92 Å². The van der Waals surface area contributed by atoms with Crippen LogP contribution >= 0.6 is 0 Å². The van der Waals surface area contributed by atoms with Gasteiger partial charge in [0.05, 0.1) is 16.8 Å². The number of rotatable bonds is 6. The first-order valence-electron chi connectivity index (χ1n) is 13.5. The smallest absolute Gasteiger partial charge is 0.225 e. The number of aryl methyl sites for hydroxylation is 1. The molecule has 3 aromatic rings. The summed E-state index contributed by atoms with van der Waals surface area (Å²) in [6, 6.07) is 6.36. The molecule has 1 amide bonds. The van der Waals surface area contributed by atoms with Gasteiger partial charge in [0.25, 0.3) is 0 Å². The quantitative estimate of drug-likeness (QED) is 0.461. The Kier molecular flexibility index (Phi) is 7.21. The van der Waals surface area contributed by atoms with Crippen molar-refractivity contribution >= 4 is 22.8 Å². The van der Waals surface area contributed by atoms with Gasteiger partial charge in [0, 0.05) is 38.0 Å². The van der Waals surface area contributed by atoms with E-state index >= 15 is 0 Å². The molecule has 1 atom stereocenters. The van der Waals surface area contributed by atoms with Crippen molar-refractivity contribution in [2.75, 3.05) is 31.1 Å². The lowest BCUT2D eigenvalue weighted by molar-refractivity contribution is -0.136. The van der Waals surface area contributed by atoms with Gasteiger partial charge in [0.15, 0.2) is 5.65 Å². The first kappa shape index (κ1) is 24.7. The Labute approximate surface area is 212 Å². The second kappa shape index (κ2) is 10.5. The van der Waals surface area contributed by atoms with Gasteiger partial charge in [-0.15, -0.1) is 0 Å². The highest BCUT2D eigenvalue weighted by Gasteiger charge is 2.30. The number of amides is 1. The minimum Gasteiger partial charge on any atom is -0.352 e. The molecule has 2 fully saturated rings. The highest BCUT2D eigenvalue weighted by molar-refractivity contribution is 5.91. The topological polar surface area (TPSA) is 67.2 Å². The molecule has 1 aromatic carbocycles. The third-order valence-corrected chi connectivity index (χ3v) is 7.78. The van der Waals surface area contributed by atoms with E-state index in [1.54, 1.807) is 16.8 Å². The van der Waals surface area contributed by atoms with Gasteiger partial charge in [-0.1, -0.05) is 39.5 Å². The van der Waals surface area contributed by atoms with Crippen LogP contribution in [0.3, 0.4) is 0 Å². The highest BCUT2D eigenvalue weighted by Crippen LogP contribution is 2.32. The number of aromatic nitrogens is 4. The number of halogens is 1. The number of carbonyl (C=O) groups is 1. The monoisotopic (exact) mass is 492 g/mol. The Morgan fingerprint density at radius 3 is 2.42 bits per heavy atom. The first-order valence-corrected chi connectivity index (χ1v) is 13.5. The average molecular weight is 493 g/mol. The summed E-state index contributed by atoms with van der Waals surface area (Å²) in [5.74, 6) is 2.18. The Balaban J connectivity index is 1.48. The van der Waals surface area contributed by atoms with Gasteiger partial charge in [-0.3, -0.25) is 4.79 Å². The van der Waals surface area contributed by atoms with Crippen molar-refractivity contribution in [3.8, 4) is 5.69 Å². The molecular weight excluding hydrogens is 455 g/mol. The van der Waals surface area contributed by atoms with Crippen LogP contribution in [-0.4, -0.2) is 56.7 Å². The molecule has 1 saturated heterocycles. The van der Waals surface area contributed by atoms with Crippen molar-refractivity contribution in [2.45, 2.75) is 71.6 Å². The van der Waals surface area contributed by atoms with E-state index in [4.69, 9.17) is 15.1 Å². The summed E-state index contributed by atoms with van der Waals surface area (Å²) in [5.41, 5.74) is 2.37. The zero-order valence-electron chi connectivity index (χ0n) is 21.7. The van der Waals surface area contributed by atoms with E-state index in [0.29, 0.717) is 19.0 Å². The summed E-state index contributed by atoms with van der Waals surface area (Å²) in [4.78, 5) is 27.5. The summed E-state index contributed by atoms with van der Waals surface area (Å²) in [7, 11) is 0. The molecule has 2 aromatic heterocycles.